The molecular weight excluding hydrogens is 1140 g/mol. The Bertz CT molecular complexity index is 1600. The van der Waals surface area contributed by atoms with Crippen molar-refractivity contribution in [3.05, 3.63) is 96.9 Å². The number of tetrazole rings is 1. The third-order valence-electron chi connectivity index (χ3n) is 5.57. The van der Waals surface area contributed by atoms with E-state index in [1.54, 1.807) is 23.5 Å². The Kier molecular flexibility index (Phi) is 14.1. The fourth-order valence-electron chi connectivity index (χ4n) is 3.58. The zero-order valence-electron chi connectivity index (χ0n) is 22.4. The van der Waals surface area contributed by atoms with E-state index < -0.39 is 25.6 Å². The molecule has 5 aromatic rings. The number of nitrogens with one attached hydrogen (secondary N) is 2. The molecule has 0 spiro atoms. The summed E-state index contributed by atoms with van der Waals surface area (Å²) >= 11 is 3.87. The Hall–Kier alpha value is -1.34. The first-order valence-electron chi connectivity index (χ1n) is 12.0. The van der Waals surface area contributed by atoms with Crippen LogP contribution in [-0.4, -0.2) is 35.4 Å². The van der Waals surface area contributed by atoms with Crippen LogP contribution in [0.4, 0.5) is 25.2 Å². The number of fused-ring (bicyclic) bond motifs is 1. The largest absolute Gasteiger partial charge is 2.00 e. The van der Waals surface area contributed by atoms with Gasteiger partial charge in [-0.05, 0) is 0 Å². The number of alkyl halides is 1. The number of anilines is 2. The van der Waals surface area contributed by atoms with Crippen LogP contribution in [-0.2, 0) is 9.97 Å². The summed E-state index contributed by atoms with van der Waals surface area (Å²) in [5, 5.41) is 15.8. The number of benzene rings is 3. The van der Waals surface area contributed by atoms with E-state index in [1.165, 1.54) is 5.56 Å². The topological polar surface area (TPSA) is 117 Å². The van der Waals surface area contributed by atoms with E-state index >= 15 is 0 Å². The number of thiazole rings is 1. The molecule has 0 bridgehead atoms. The molecule has 0 fully saturated rings. The van der Waals surface area contributed by atoms with E-state index in [0.29, 0.717) is 12.1 Å². The van der Waals surface area contributed by atoms with Crippen molar-refractivity contribution < 1.29 is 70.7 Å². The molecular formula is C27H21F2I3N7O2SU-. The van der Waals surface area contributed by atoms with Gasteiger partial charge in [0.1, 0.15) is 0 Å². The minimum atomic E-state index is -1.61. The molecule has 16 heteroatoms. The Balaban J connectivity index is 0.000000954. The van der Waals surface area contributed by atoms with Gasteiger partial charge in [-0.1, -0.05) is 0 Å². The fourth-order valence-corrected chi connectivity index (χ4v) is 7.64. The molecule has 0 aliphatic carbocycles. The Morgan fingerprint density at radius 3 is 2.40 bits per heavy atom. The second-order valence-corrected chi connectivity index (χ2v) is 16.7. The van der Waals surface area contributed by atoms with Crippen LogP contribution in [0.25, 0.3) is 10.2 Å². The van der Waals surface area contributed by atoms with E-state index in [1.807, 2.05) is 47.4 Å². The number of aromatic nitrogens is 5. The number of nitrogens with zero attached hydrogens (tertiary/aromatic N) is 5. The molecule has 43 heavy (non-hydrogen) atoms. The minimum absolute atomic E-state index is 0. The molecule has 0 aliphatic heterocycles. The summed E-state index contributed by atoms with van der Waals surface area (Å²) in [6.45, 7) is 4.67. The molecule has 5 rings (SSSR count). The van der Waals surface area contributed by atoms with Crippen molar-refractivity contribution in [3.63, 3.8) is 0 Å². The van der Waals surface area contributed by atoms with Crippen LogP contribution in [0.15, 0.2) is 66.7 Å². The standard InChI is InChI=1S/C26H21I2N7O2S.CF2I.U/c1-26(2,27)18-11-13-19(14-12-18)35(24(37)28-23-29-20-5-3-4-6-21(20)38-23)15-16-7-9-17(10-8-16)22(36)30-25-31-33-34-32-25;2-1(3)4;/h4-14H,15H2,1-2H3,(H2,30,31,32,33,34,36);;/q-2;-1;+2. The van der Waals surface area contributed by atoms with Crippen molar-refractivity contribution in [1.82, 2.24) is 25.6 Å². The first-order valence-corrected chi connectivity index (χ1v) is 17.1. The number of amides is 2. The number of carbonyl (C=O) groups is 2. The van der Waals surface area contributed by atoms with Crippen LogP contribution in [0.2, 0.25) is 0 Å². The summed E-state index contributed by atoms with van der Waals surface area (Å²) < 4.78 is 20.8. The fraction of sp³-hybridized carbons (Fsp3) is 0.148. The number of hydrogen-bond donors (Lipinski definition) is 2. The van der Waals surface area contributed by atoms with Crippen LogP contribution >= 0.6 is 56.5 Å². The third kappa shape index (κ3) is 10.9. The second kappa shape index (κ2) is 16.8. The maximum absolute atomic E-state index is 13.7. The molecule has 0 radical (unpaired) electrons. The number of halogens is 5. The van der Waals surface area contributed by atoms with Crippen molar-refractivity contribution >= 4 is 88.2 Å². The smallest absolute Gasteiger partial charge is 0.409 e. The molecule has 2 N–H and O–H groups in total. The SMILES string of the molecule is CC(C)(I)c1ccc(N(Cc2ccc(C(=O)Nc3nn[nH]n3)cc2)C(=O)[I-]c2nc3c[c-]ccc3s2)cc1.F[C-](F)I.[U+2]. The quantitative estimate of drug-likeness (QED) is 0.0783. The summed E-state index contributed by atoms with van der Waals surface area (Å²) in [6, 6.07) is 24.0. The summed E-state index contributed by atoms with van der Waals surface area (Å²) in [5.41, 5.74) is 4.23. The first-order chi connectivity index (χ1) is 20.0. The Labute approximate surface area is 311 Å². The molecule has 0 aliphatic rings. The van der Waals surface area contributed by atoms with Gasteiger partial charge in [0.25, 0.3) is 0 Å². The zero-order valence-corrected chi connectivity index (χ0v) is 33.9. The van der Waals surface area contributed by atoms with Gasteiger partial charge in [0.05, 0.1) is 4.43 Å². The molecule has 3 aromatic carbocycles. The predicted octanol–water partition coefficient (Wildman–Crippen LogP) is 4.42. The van der Waals surface area contributed by atoms with Crippen LogP contribution in [0.5, 0.6) is 0 Å². The summed E-state index contributed by atoms with van der Waals surface area (Å²) in [4.78, 5) is 32.6. The molecule has 0 unspecified atom stereocenters. The Morgan fingerprint density at radius 2 is 1.81 bits per heavy atom. The second-order valence-electron chi connectivity index (χ2n) is 8.91. The average Bonchev–Trinajstić information content (AvgIpc) is 3.60. The Morgan fingerprint density at radius 1 is 1.14 bits per heavy atom. The van der Waals surface area contributed by atoms with Crippen molar-refractivity contribution in [1.29, 1.82) is 0 Å². The maximum Gasteiger partial charge on any atom is 2.00 e. The van der Waals surface area contributed by atoms with E-state index in [0.717, 1.165) is 47.1 Å². The number of carbonyl (C=O) groups excluding carboxylic acids is 2. The predicted molar refractivity (Wildman–Crippen MR) is 170 cm³/mol. The van der Waals surface area contributed by atoms with Gasteiger partial charge in [-0.3, -0.25) is 0 Å². The van der Waals surface area contributed by atoms with Crippen molar-refractivity contribution in [2.75, 3.05) is 10.2 Å². The van der Waals surface area contributed by atoms with Crippen LogP contribution in [0.1, 0.15) is 35.3 Å². The van der Waals surface area contributed by atoms with Crippen LogP contribution in [0.3, 0.4) is 0 Å². The molecule has 2 aromatic heterocycles. The molecule has 9 nitrogen and oxygen atoms in total. The maximum atomic E-state index is 13.7. The number of aromatic amines is 1. The molecule has 2 heterocycles. The molecule has 0 saturated carbocycles. The van der Waals surface area contributed by atoms with Gasteiger partial charge in [-0.2, -0.15) is 0 Å². The van der Waals surface area contributed by atoms with Gasteiger partial charge < -0.3 is 8.78 Å². The van der Waals surface area contributed by atoms with Gasteiger partial charge in [-0.25, -0.2) is 22.6 Å². The van der Waals surface area contributed by atoms with Gasteiger partial charge in [0, 0.05) is 0 Å². The molecule has 0 atom stereocenters. The van der Waals surface area contributed by atoms with Crippen LogP contribution in [0, 0.1) is 44.6 Å². The molecule has 2 amide bonds. The first kappa shape index (κ1) is 36.1. The summed E-state index contributed by atoms with van der Waals surface area (Å²) in [7, 11) is 0. The van der Waals surface area contributed by atoms with Gasteiger partial charge in [0.2, 0.25) is 0 Å². The van der Waals surface area contributed by atoms with Gasteiger partial charge >= 0.3 is 280 Å². The number of H-pyrrole nitrogens is 1. The minimum Gasteiger partial charge on any atom is -0.409 e. The van der Waals surface area contributed by atoms with Gasteiger partial charge in [-0.15, -0.1) is 0 Å². The van der Waals surface area contributed by atoms with E-state index in [2.05, 4.69) is 85.6 Å². The normalized spacial score (nSPS) is 11.0. The van der Waals surface area contributed by atoms with Gasteiger partial charge in [0.15, 0.2) is 0 Å². The number of rotatable bonds is 8. The van der Waals surface area contributed by atoms with Crippen LogP contribution < -0.4 is 31.4 Å². The van der Waals surface area contributed by atoms with E-state index in [9.17, 15) is 18.4 Å². The van der Waals surface area contributed by atoms with E-state index in [4.69, 9.17) is 0 Å². The van der Waals surface area contributed by atoms with Crippen molar-refractivity contribution in [2.24, 2.45) is 0 Å². The summed E-state index contributed by atoms with van der Waals surface area (Å²) in [5.74, 6) is -0.243. The molecule has 222 valence electrons. The number of hydrogen-bond acceptors (Lipinski definition) is 7. The monoisotopic (exact) mass is 1160 g/mol. The summed E-state index contributed by atoms with van der Waals surface area (Å²) in [6.07, 6.45) is 0. The van der Waals surface area contributed by atoms with E-state index in [-0.39, 0.29) is 50.3 Å². The molecule has 0 saturated heterocycles. The zero-order chi connectivity index (χ0) is 30.3. The van der Waals surface area contributed by atoms with Crippen molar-refractivity contribution in [3.8, 4) is 0 Å². The van der Waals surface area contributed by atoms with Crippen molar-refractivity contribution in [2.45, 2.75) is 23.8 Å². The third-order valence-corrected chi connectivity index (χ3v) is 9.94. The average molecular weight is 1160 g/mol.